The third-order valence-corrected chi connectivity index (χ3v) is 14.5. The first-order chi connectivity index (χ1) is 29.5. The van der Waals surface area contributed by atoms with Crippen molar-refractivity contribution < 1.29 is 67.5 Å². The molecule has 1 aliphatic carbocycles. The molecule has 0 saturated carbocycles. The predicted molar refractivity (Wildman–Crippen MR) is 227 cm³/mol. The number of rotatable bonds is 8. The van der Waals surface area contributed by atoms with E-state index in [-0.39, 0.29) is 42.7 Å². The van der Waals surface area contributed by atoms with Crippen LogP contribution in [0.5, 0.6) is 0 Å². The molecule has 1 spiro atoms. The molecule has 6 heterocycles. The van der Waals surface area contributed by atoms with E-state index in [1.165, 1.54) is 0 Å². The molecule has 0 radical (unpaired) electrons. The average Bonchev–Trinajstić information content (AvgIpc) is 3.58. The van der Waals surface area contributed by atoms with Crippen LogP contribution in [0.25, 0.3) is 0 Å². The summed E-state index contributed by atoms with van der Waals surface area (Å²) in [5, 5.41) is 34.2. The summed E-state index contributed by atoms with van der Waals surface area (Å²) in [6.45, 7) is 16.1. The number of esters is 1. The number of aliphatic hydroxyl groups excluding tert-OH is 2. The Balaban J connectivity index is 1.18. The van der Waals surface area contributed by atoms with Crippen LogP contribution in [0.3, 0.4) is 0 Å². The molecule has 0 aromatic rings. The minimum atomic E-state index is -1.84. The molecule has 0 aromatic heterocycles. The molecule has 14 heteroatoms. The van der Waals surface area contributed by atoms with Gasteiger partial charge in [0.1, 0.15) is 42.0 Å². The Hall–Kier alpha value is -2.31. The Labute approximate surface area is 367 Å². The van der Waals surface area contributed by atoms with Crippen molar-refractivity contribution in [1.29, 1.82) is 0 Å². The van der Waals surface area contributed by atoms with E-state index in [4.69, 9.17) is 47.4 Å². The molecule has 4 fully saturated rings. The number of methoxy groups -OCH3 is 2. The van der Waals surface area contributed by atoms with E-state index in [2.05, 4.69) is 39.8 Å². The molecule has 14 nitrogen and oxygen atoms in total. The van der Waals surface area contributed by atoms with E-state index in [1.54, 1.807) is 40.2 Å². The fourth-order valence-electron chi connectivity index (χ4n) is 10.6. The number of allylic oxidation sites excluding steroid dienone is 2. The number of hydrogen-bond acceptors (Lipinski definition) is 14. The highest BCUT2D eigenvalue weighted by molar-refractivity contribution is 5.78. The number of carbonyl (C=O) groups is 1. The topological polar surface area (TPSA) is 170 Å². The smallest absolute Gasteiger partial charge is 0.316 e. The first kappa shape index (κ1) is 47.6. The Morgan fingerprint density at radius 1 is 0.887 bits per heavy atom. The molecule has 7 rings (SSSR count). The summed E-state index contributed by atoms with van der Waals surface area (Å²) >= 11 is 0. The predicted octanol–water partition coefficient (Wildman–Crippen LogP) is 5.38. The minimum absolute atomic E-state index is 0.0317. The van der Waals surface area contributed by atoms with Gasteiger partial charge < -0.3 is 62.7 Å². The third-order valence-electron chi connectivity index (χ3n) is 14.5. The number of hydrogen-bond donors (Lipinski definition) is 3. The monoisotopic (exact) mass is 872 g/mol. The molecule has 348 valence electrons. The number of ether oxygens (including phenoxy) is 10. The molecule has 3 N–H and O–H groups in total. The van der Waals surface area contributed by atoms with Gasteiger partial charge in [0.25, 0.3) is 0 Å². The Kier molecular flexibility index (Phi) is 15.1. The average molecular weight is 873 g/mol. The maximum Gasteiger partial charge on any atom is 0.316 e. The van der Waals surface area contributed by atoms with Crippen molar-refractivity contribution in [2.45, 2.75) is 191 Å². The molecule has 0 aromatic carbocycles. The highest BCUT2D eigenvalue weighted by Crippen LogP contribution is 2.47. The summed E-state index contributed by atoms with van der Waals surface area (Å²) in [6.07, 6.45) is 8.55. The SMILES string of the molecule is CC[C@H](C)[C@H]1O[C@]2(C=C[C@@H]1C)C[C@@H]1C[C@@H](C/C=C(\C)[C@@H](O[C@H]3C[C@H](OC)[C@@H](O[C@H]4C[C@H](OC)[C@@H](O)[C@H](C)O4)[C@H](C)O3)[C@@H](C)/C=C\C=C3CO[C@@H]4[C@H](O)C(C)=C[C@@H](C(=O)O1)[C@]34O)O2. The quantitative estimate of drug-likeness (QED) is 0.210. The zero-order chi connectivity index (χ0) is 44.7. The maximum absolute atomic E-state index is 14.3. The van der Waals surface area contributed by atoms with Crippen LogP contribution >= 0.6 is 0 Å². The normalized spacial score (nSPS) is 48.3. The van der Waals surface area contributed by atoms with E-state index in [0.717, 1.165) is 12.0 Å². The van der Waals surface area contributed by atoms with Crippen molar-refractivity contribution in [3.05, 3.63) is 59.3 Å². The van der Waals surface area contributed by atoms with Gasteiger partial charge in [0.2, 0.25) is 0 Å². The summed E-state index contributed by atoms with van der Waals surface area (Å²) in [5.41, 5.74) is 0.134. The zero-order valence-corrected chi connectivity index (χ0v) is 38.2. The first-order valence-corrected chi connectivity index (χ1v) is 22.9. The fourth-order valence-corrected chi connectivity index (χ4v) is 10.6. The lowest BCUT2D eigenvalue weighted by Gasteiger charge is -2.48. The second-order valence-electron chi connectivity index (χ2n) is 19.0. The van der Waals surface area contributed by atoms with Gasteiger partial charge in [0.15, 0.2) is 18.4 Å². The van der Waals surface area contributed by atoms with Crippen LogP contribution < -0.4 is 0 Å². The van der Waals surface area contributed by atoms with Gasteiger partial charge >= 0.3 is 5.97 Å². The maximum atomic E-state index is 14.3. The molecular formula is C48H72O14. The van der Waals surface area contributed by atoms with Crippen LogP contribution in [0.2, 0.25) is 0 Å². The molecule has 7 aliphatic rings. The van der Waals surface area contributed by atoms with Crippen molar-refractivity contribution in [3.8, 4) is 0 Å². The molecule has 0 amide bonds. The van der Waals surface area contributed by atoms with Crippen LogP contribution in [-0.4, -0.2) is 139 Å². The number of aliphatic hydroxyl groups is 3. The van der Waals surface area contributed by atoms with E-state index < -0.39 is 90.8 Å². The van der Waals surface area contributed by atoms with E-state index in [9.17, 15) is 20.1 Å². The largest absolute Gasteiger partial charge is 0.462 e. The molecular weight excluding hydrogens is 801 g/mol. The summed E-state index contributed by atoms with van der Waals surface area (Å²) in [6, 6.07) is 0. The van der Waals surface area contributed by atoms with Crippen molar-refractivity contribution in [1.82, 2.24) is 0 Å². The van der Waals surface area contributed by atoms with Gasteiger partial charge in [-0.25, -0.2) is 0 Å². The lowest BCUT2D eigenvalue weighted by Crippen LogP contribution is -2.58. The lowest BCUT2D eigenvalue weighted by atomic mass is 9.71. The minimum Gasteiger partial charge on any atom is -0.462 e. The Bertz CT molecular complexity index is 1730. The Morgan fingerprint density at radius 2 is 1.60 bits per heavy atom. The zero-order valence-electron chi connectivity index (χ0n) is 38.2. The summed E-state index contributed by atoms with van der Waals surface area (Å²) < 4.78 is 63.7. The molecule has 62 heavy (non-hydrogen) atoms. The third kappa shape index (κ3) is 9.64. The second kappa shape index (κ2) is 19.7. The summed E-state index contributed by atoms with van der Waals surface area (Å²) in [4.78, 5) is 14.3. The molecule has 6 aliphatic heterocycles. The highest BCUT2D eigenvalue weighted by Gasteiger charge is 2.60. The van der Waals surface area contributed by atoms with Gasteiger partial charge in [-0.3, -0.25) is 4.79 Å². The van der Waals surface area contributed by atoms with Gasteiger partial charge in [-0.2, -0.15) is 0 Å². The van der Waals surface area contributed by atoms with Crippen molar-refractivity contribution in [2.75, 3.05) is 20.8 Å². The molecule has 2 bridgehead atoms. The standard InChI is InChI=1S/C48H72O14/c1-11-25(2)43-28(5)17-18-47(62-43)23-34-20-33(61-47)16-15-27(4)42(26(3)13-12-14-32-24-55-45-40(49)29(6)19-35(46(51)58-34)48(32,45)52)59-39-22-37(54-10)44(31(8)57-39)60-38-21-36(53-9)41(50)30(7)56-38/h12-15,17-19,25-26,28,30-31,33-45,49-50,52H,11,16,20-24H2,1-10H3/b13-12-,27-15+,32-14?/t25-,26-,28-,30-,31-,33+,34-,35-,36-,37-,38-,39-,40+,41-,42-,43+,44-,45+,47+,48+/m0/s1. The number of carbonyl (C=O) groups excluding carboxylic acids is 1. The summed E-state index contributed by atoms with van der Waals surface area (Å²) in [5.74, 6) is -2.56. The van der Waals surface area contributed by atoms with Crippen molar-refractivity contribution in [2.24, 2.45) is 23.7 Å². The molecule has 4 saturated heterocycles. The second-order valence-corrected chi connectivity index (χ2v) is 19.0. The van der Waals surface area contributed by atoms with Crippen LogP contribution in [0.15, 0.2) is 59.3 Å². The fraction of sp³-hybridized carbons (Fsp3) is 0.771. The number of fused-ring (bicyclic) bond motifs is 2. The van der Waals surface area contributed by atoms with E-state index in [0.29, 0.717) is 43.3 Å². The van der Waals surface area contributed by atoms with E-state index >= 15 is 0 Å². The van der Waals surface area contributed by atoms with Gasteiger partial charge in [-0.15, -0.1) is 0 Å². The van der Waals surface area contributed by atoms with E-state index in [1.807, 2.05) is 32.1 Å². The Morgan fingerprint density at radius 3 is 2.32 bits per heavy atom. The van der Waals surface area contributed by atoms with Gasteiger partial charge in [-0.1, -0.05) is 70.6 Å². The first-order valence-electron chi connectivity index (χ1n) is 22.9. The van der Waals surface area contributed by atoms with Gasteiger partial charge in [-0.05, 0) is 62.8 Å². The van der Waals surface area contributed by atoms with Crippen molar-refractivity contribution >= 4 is 5.97 Å². The lowest BCUT2D eigenvalue weighted by molar-refractivity contribution is -0.318. The van der Waals surface area contributed by atoms with Gasteiger partial charge in [0.05, 0.1) is 49.3 Å². The molecule has 0 unspecified atom stereocenters. The van der Waals surface area contributed by atoms with Gasteiger partial charge in [0, 0.05) is 51.7 Å². The van der Waals surface area contributed by atoms with Crippen molar-refractivity contribution in [3.63, 3.8) is 0 Å². The highest BCUT2D eigenvalue weighted by atomic mass is 16.7. The van der Waals surface area contributed by atoms with Crippen LogP contribution in [0.1, 0.15) is 93.9 Å². The van der Waals surface area contributed by atoms with Crippen LogP contribution in [0, 0.1) is 23.7 Å². The van der Waals surface area contributed by atoms with Crippen LogP contribution in [0.4, 0.5) is 0 Å². The van der Waals surface area contributed by atoms with Crippen LogP contribution in [-0.2, 0) is 52.2 Å². The molecule has 20 atom stereocenters. The summed E-state index contributed by atoms with van der Waals surface area (Å²) in [7, 11) is 3.22.